The zero-order valence-electron chi connectivity index (χ0n) is 8.27. The third-order valence-electron chi connectivity index (χ3n) is 2.01. The topological polar surface area (TPSA) is 80.9 Å². The number of nitrogens with zero attached hydrogens (tertiary/aromatic N) is 2. The lowest BCUT2D eigenvalue weighted by atomic mass is 10.3. The van der Waals surface area contributed by atoms with Gasteiger partial charge < -0.3 is 5.73 Å². The summed E-state index contributed by atoms with van der Waals surface area (Å²) >= 11 is 1.44. The molecule has 2 rings (SSSR count). The van der Waals surface area contributed by atoms with Gasteiger partial charge in [0.05, 0.1) is 6.04 Å². The van der Waals surface area contributed by atoms with E-state index in [0.717, 1.165) is 5.01 Å². The number of anilines is 1. The second-order valence-corrected chi connectivity index (χ2v) is 4.51. The van der Waals surface area contributed by atoms with E-state index in [9.17, 15) is 4.79 Å². The fourth-order valence-electron chi connectivity index (χ4n) is 1.000. The Bertz CT molecular complexity index is 350. The highest BCUT2D eigenvalue weighted by Crippen LogP contribution is 2.41. The molecule has 84 valence electrons. The van der Waals surface area contributed by atoms with Crippen molar-refractivity contribution < 1.29 is 4.79 Å². The molecule has 0 unspecified atom stereocenters. The monoisotopic (exact) mass is 248 g/mol. The van der Waals surface area contributed by atoms with Crippen molar-refractivity contribution >= 4 is 34.8 Å². The van der Waals surface area contributed by atoms with Crippen molar-refractivity contribution in [2.45, 2.75) is 31.7 Å². The van der Waals surface area contributed by atoms with Crippen LogP contribution in [0, 0.1) is 0 Å². The van der Waals surface area contributed by atoms with Crippen LogP contribution in [0.2, 0.25) is 0 Å². The lowest BCUT2D eigenvalue weighted by Crippen LogP contribution is -2.32. The summed E-state index contributed by atoms with van der Waals surface area (Å²) in [6.07, 6.45) is 2.38. The molecule has 1 fully saturated rings. The molecule has 1 amide bonds. The molecule has 1 atom stereocenters. The number of nitrogens with one attached hydrogen (secondary N) is 1. The van der Waals surface area contributed by atoms with Crippen LogP contribution in [0.4, 0.5) is 5.13 Å². The summed E-state index contributed by atoms with van der Waals surface area (Å²) in [6, 6.07) is -0.511. The molecular weight excluding hydrogens is 236 g/mol. The average Bonchev–Trinajstić information content (AvgIpc) is 2.88. The normalized spacial score (nSPS) is 16.7. The Morgan fingerprint density at radius 1 is 1.60 bits per heavy atom. The van der Waals surface area contributed by atoms with Gasteiger partial charge >= 0.3 is 0 Å². The maximum atomic E-state index is 11.2. The highest BCUT2D eigenvalue weighted by Gasteiger charge is 2.27. The maximum absolute atomic E-state index is 11.2. The van der Waals surface area contributed by atoms with Crippen molar-refractivity contribution in [3.8, 4) is 0 Å². The van der Waals surface area contributed by atoms with Gasteiger partial charge in [0.25, 0.3) is 0 Å². The lowest BCUT2D eigenvalue weighted by molar-refractivity contribution is -0.117. The smallest absolute Gasteiger partial charge is 0.242 e. The third kappa shape index (κ3) is 3.12. The quantitative estimate of drug-likeness (QED) is 0.840. The van der Waals surface area contributed by atoms with Gasteiger partial charge in [-0.25, -0.2) is 0 Å². The first-order chi connectivity index (χ1) is 6.66. The third-order valence-corrected chi connectivity index (χ3v) is 3.01. The van der Waals surface area contributed by atoms with Gasteiger partial charge in [0, 0.05) is 5.92 Å². The number of nitrogens with two attached hydrogens (primary N) is 1. The van der Waals surface area contributed by atoms with Crippen molar-refractivity contribution in [2.75, 3.05) is 5.32 Å². The molecule has 1 aliphatic carbocycles. The van der Waals surface area contributed by atoms with Gasteiger partial charge in [-0.2, -0.15) is 0 Å². The molecule has 0 bridgehead atoms. The Morgan fingerprint density at radius 3 is 2.80 bits per heavy atom. The number of halogens is 1. The molecule has 0 saturated heterocycles. The number of hydrogen-bond acceptors (Lipinski definition) is 5. The van der Waals surface area contributed by atoms with Crippen molar-refractivity contribution in [1.82, 2.24) is 10.2 Å². The summed E-state index contributed by atoms with van der Waals surface area (Å²) in [6.45, 7) is 1.64. The van der Waals surface area contributed by atoms with E-state index in [-0.39, 0.29) is 18.3 Å². The second kappa shape index (κ2) is 4.87. The van der Waals surface area contributed by atoms with Crippen LogP contribution in [0.3, 0.4) is 0 Å². The summed E-state index contributed by atoms with van der Waals surface area (Å²) in [7, 11) is 0. The first kappa shape index (κ1) is 12.4. The van der Waals surface area contributed by atoms with Crippen LogP contribution in [0.1, 0.15) is 30.7 Å². The van der Waals surface area contributed by atoms with Crippen LogP contribution in [-0.4, -0.2) is 22.1 Å². The second-order valence-electron chi connectivity index (χ2n) is 3.50. The minimum atomic E-state index is -0.511. The Hall–Kier alpha value is -0.720. The summed E-state index contributed by atoms with van der Waals surface area (Å²) in [5, 5.41) is 12.1. The van der Waals surface area contributed by atoms with E-state index in [1.807, 2.05) is 0 Å². The van der Waals surface area contributed by atoms with Crippen LogP contribution < -0.4 is 11.1 Å². The van der Waals surface area contributed by atoms with Crippen molar-refractivity contribution in [1.29, 1.82) is 0 Å². The van der Waals surface area contributed by atoms with Crippen LogP contribution in [0.15, 0.2) is 0 Å². The zero-order valence-corrected chi connectivity index (χ0v) is 9.90. The molecule has 3 N–H and O–H groups in total. The van der Waals surface area contributed by atoms with Gasteiger partial charge in [0.1, 0.15) is 5.01 Å². The van der Waals surface area contributed by atoms with E-state index in [1.54, 1.807) is 6.92 Å². The van der Waals surface area contributed by atoms with E-state index in [1.165, 1.54) is 24.2 Å². The lowest BCUT2D eigenvalue weighted by Gasteiger charge is -2.02. The number of carbonyl (C=O) groups excluding carboxylic acids is 1. The minimum absolute atomic E-state index is 0. The zero-order chi connectivity index (χ0) is 10.1. The first-order valence-electron chi connectivity index (χ1n) is 4.56. The molecule has 1 saturated carbocycles. The average molecular weight is 249 g/mol. The van der Waals surface area contributed by atoms with Crippen LogP contribution in [0.5, 0.6) is 0 Å². The van der Waals surface area contributed by atoms with Gasteiger partial charge in [-0.3, -0.25) is 10.1 Å². The Balaban J connectivity index is 0.00000112. The van der Waals surface area contributed by atoms with E-state index in [0.29, 0.717) is 11.0 Å². The highest BCUT2D eigenvalue weighted by molar-refractivity contribution is 7.15. The molecule has 0 radical (unpaired) electrons. The molecule has 1 heterocycles. The molecule has 5 nitrogen and oxygen atoms in total. The summed E-state index contributed by atoms with van der Waals surface area (Å²) in [4.78, 5) is 11.2. The molecule has 0 spiro atoms. The number of aromatic nitrogens is 2. The molecular formula is C8H13ClN4OS. The molecule has 7 heteroatoms. The molecule has 0 aliphatic heterocycles. The molecule has 0 aromatic carbocycles. The van der Waals surface area contributed by atoms with Crippen LogP contribution >= 0.6 is 23.7 Å². The largest absolute Gasteiger partial charge is 0.320 e. The Morgan fingerprint density at radius 2 is 2.27 bits per heavy atom. The van der Waals surface area contributed by atoms with Gasteiger partial charge in [-0.1, -0.05) is 11.3 Å². The molecule has 1 aromatic rings. The maximum Gasteiger partial charge on any atom is 0.242 e. The summed E-state index contributed by atoms with van der Waals surface area (Å²) in [5.41, 5.74) is 5.41. The van der Waals surface area contributed by atoms with E-state index >= 15 is 0 Å². The molecule has 15 heavy (non-hydrogen) atoms. The van der Waals surface area contributed by atoms with E-state index < -0.39 is 6.04 Å². The van der Waals surface area contributed by atoms with Crippen LogP contribution in [-0.2, 0) is 4.79 Å². The Kier molecular flexibility index (Phi) is 4.01. The SMILES string of the molecule is C[C@H](N)C(=O)Nc1nnc(C2CC2)s1.Cl. The molecule has 1 aromatic heterocycles. The predicted octanol–water partition coefficient (Wildman–Crippen LogP) is 1.12. The van der Waals surface area contributed by atoms with Crippen molar-refractivity contribution in [3.63, 3.8) is 0 Å². The molecule has 1 aliphatic rings. The fourth-order valence-corrected chi connectivity index (χ4v) is 1.91. The summed E-state index contributed by atoms with van der Waals surface area (Å²) in [5.74, 6) is 0.358. The van der Waals surface area contributed by atoms with Gasteiger partial charge in [-0.05, 0) is 19.8 Å². The first-order valence-corrected chi connectivity index (χ1v) is 5.38. The number of amides is 1. The number of carbonyl (C=O) groups is 1. The van der Waals surface area contributed by atoms with Crippen LogP contribution in [0.25, 0.3) is 0 Å². The Labute approximate surface area is 97.9 Å². The minimum Gasteiger partial charge on any atom is -0.320 e. The standard InChI is InChI=1S/C8H12N4OS.ClH/c1-4(9)6(13)10-8-12-11-7(14-8)5-2-3-5;/h4-5H,2-3,9H2,1H3,(H,10,12,13);1H/t4-;/m0./s1. The summed E-state index contributed by atoms with van der Waals surface area (Å²) < 4.78 is 0. The number of rotatable bonds is 3. The predicted molar refractivity (Wildman–Crippen MR) is 61.4 cm³/mol. The van der Waals surface area contributed by atoms with Gasteiger partial charge in [-0.15, -0.1) is 22.6 Å². The van der Waals surface area contributed by atoms with Crippen molar-refractivity contribution in [3.05, 3.63) is 5.01 Å². The van der Waals surface area contributed by atoms with Gasteiger partial charge in [0.15, 0.2) is 0 Å². The fraction of sp³-hybridized carbons (Fsp3) is 0.625. The number of hydrogen-bond donors (Lipinski definition) is 2. The van der Waals surface area contributed by atoms with Gasteiger partial charge in [0.2, 0.25) is 11.0 Å². The highest BCUT2D eigenvalue weighted by atomic mass is 35.5. The van der Waals surface area contributed by atoms with E-state index in [2.05, 4.69) is 15.5 Å². The van der Waals surface area contributed by atoms with E-state index in [4.69, 9.17) is 5.73 Å². The van der Waals surface area contributed by atoms with Crippen molar-refractivity contribution in [2.24, 2.45) is 5.73 Å².